The van der Waals surface area contributed by atoms with E-state index in [1.807, 2.05) is 29.2 Å². The van der Waals surface area contributed by atoms with Crippen molar-refractivity contribution < 1.29 is 9.53 Å². The number of fused-ring (bicyclic) bond motifs is 1. The number of piperidine rings is 1. The number of nitrogens with zero attached hydrogens (tertiary/aromatic N) is 1. The van der Waals surface area contributed by atoms with Crippen LogP contribution in [0.15, 0.2) is 43.0 Å². The second-order valence-electron chi connectivity index (χ2n) is 6.09. The van der Waals surface area contributed by atoms with Crippen LogP contribution in [0.3, 0.4) is 0 Å². The highest BCUT2D eigenvalue weighted by Crippen LogP contribution is 2.46. The highest BCUT2D eigenvalue weighted by molar-refractivity contribution is 5.84. The minimum atomic E-state index is -0.279. The van der Waals surface area contributed by atoms with Crippen LogP contribution in [-0.4, -0.2) is 23.6 Å². The molecule has 1 amide bonds. The Morgan fingerprint density at radius 1 is 1.43 bits per heavy atom. The lowest BCUT2D eigenvalue weighted by Crippen LogP contribution is -2.51. The van der Waals surface area contributed by atoms with Crippen LogP contribution in [0.1, 0.15) is 44.2 Å². The summed E-state index contributed by atoms with van der Waals surface area (Å²) >= 11 is 0. The van der Waals surface area contributed by atoms with Gasteiger partial charge in [0.15, 0.2) is 0 Å². The normalized spacial score (nSPS) is 32.0. The van der Waals surface area contributed by atoms with Crippen molar-refractivity contribution in [2.24, 2.45) is 5.41 Å². The van der Waals surface area contributed by atoms with Crippen LogP contribution < -0.4 is 0 Å². The number of hydrogen-bond acceptors (Lipinski definition) is 2. The summed E-state index contributed by atoms with van der Waals surface area (Å²) in [5.41, 5.74) is 0.887. The molecule has 0 unspecified atom stereocenters. The quantitative estimate of drug-likeness (QED) is 0.790. The summed E-state index contributed by atoms with van der Waals surface area (Å²) < 4.78 is 5.89. The Morgan fingerprint density at radius 2 is 2.19 bits per heavy atom. The molecule has 0 saturated carbocycles. The predicted octanol–water partition coefficient (Wildman–Crippen LogP) is 3.68. The highest BCUT2D eigenvalue weighted by atomic mass is 16.5. The van der Waals surface area contributed by atoms with Crippen LogP contribution in [0.2, 0.25) is 0 Å². The maximum absolute atomic E-state index is 13.1. The lowest BCUT2D eigenvalue weighted by molar-refractivity contribution is -0.157. The first kappa shape index (κ1) is 14.3. The van der Waals surface area contributed by atoms with E-state index in [4.69, 9.17) is 4.74 Å². The number of hydrogen-bond donors (Lipinski definition) is 0. The van der Waals surface area contributed by atoms with Crippen molar-refractivity contribution in [3.63, 3.8) is 0 Å². The SMILES string of the molecule is C=CC[C@@]1(CC)CC[C@@H]2OC[C@@H](c3ccccc3)N2C1=O. The second kappa shape index (κ2) is 5.64. The van der Waals surface area contributed by atoms with Gasteiger partial charge in [0, 0.05) is 0 Å². The largest absolute Gasteiger partial charge is 0.356 e. The number of carbonyl (C=O) groups is 1. The number of allylic oxidation sites excluding steroid dienone is 1. The number of ether oxygens (including phenoxy) is 1. The van der Waals surface area contributed by atoms with E-state index >= 15 is 0 Å². The third kappa shape index (κ3) is 2.30. The third-order valence-electron chi connectivity index (χ3n) is 5.05. The molecular formula is C18H23NO2. The number of amides is 1. The van der Waals surface area contributed by atoms with Gasteiger partial charge in [0.05, 0.1) is 18.1 Å². The van der Waals surface area contributed by atoms with Gasteiger partial charge in [-0.1, -0.05) is 43.3 Å². The van der Waals surface area contributed by atoms with E-state index in [1.165, 1.54) is 5.56 Å². The van der Waals surface area contributed by atoms with Crippen molar-refractivity contribution in [1.82, 2.24) is 4.90 Å². The van der Waals surface area contributed by atoms with E-state index in [9.17, 15) is 4.79 Å². The number of rotatable bonds is 4. The molecular weight excluding hydrogens is 262 g/mol. The molecule has 3 atom stereocenters. The standard InChI is InChI=1S/C18H23NO2/c1-3-11-18(4-2)12-10-16-19(17(18)20)15(13-21-16)14-8-6-5-7-9-14/h3,5-9,15-16H,1,4,10-13H2,2H3/t15-,16-,18-/m0/s1. The summed E-state index contributed by atoms with van der Waals surface area (Å²) in [6, 6.07) is 10.3. The van der Waals surface area contributed by atoms with E-state index in [-0.39, 0.29) is 23.6 Å². The summed E-state index contributed by atoms with van der Waals surface area (Å²) in [5, 5.41) is 0. The van der Waals surface area contributed by atoms with Crippen molar-refractivity contribution >= 4 is 5.91 Å². The lowest BCUT2D eigenvalue weighted by Gasteiger charge is -2.43. The van der Waals surface area contributed by atoms with Crippen molar-refractivity contribution in [2.75, 3.05) is 6.61 Å². The second-order valence-corrected chi connectivity index (χ2v) is 6.09. The fourth-order valence-corrected chi connectivity index (χ4v) is 3.71. The fraction of sp³-hybridized carbons (Fsp3) is 0.500. The Bertz CT molecular complexity index is 527. The van der Waals surface area contributed by atoms with Gasteiger partial charge < -0.3 is 9.64 Å². The molecule has 0 aromatic heterocycles. The van der Waals surface area contributed by atoms with Crippen LogP contribution in [-0.2, 0) is 9.53 Å². The molecule has 112 valence electrons. The van der Waals surface area contributed by atoms with Gasteiger partial charge in [0.25, 0.3) is 0 Å². The summed E-state index contributed by atoms with van der Waals surface area (Å²) in [5.74, 6) is 0.243. The molecule has 2 saturated heterocycles. The minimum absolute atomic E-state index is 0.0489. The van der Waals surface area contributed by atoms with Gasteiger partial charge in [-0.2, -0.15) is 0 Å². The van der Waals surface area contributed by atoms with Crippen LogP contribution in [0.25, 0.3) is 0 Å². The van der Waals surface area contributed by atoms with Gasteiger partial charge in [0.1, 0.15) is 6.23 Å². The Kier molecular flexibility index (Phi) is 3.85. The molecule has 3 heteroatoms. The molecule has 3 rings (SSSR count). The molecule has 1 aromatic carbocycles. The highest BCUT2D eigenvalue weighted by Gasteiger charge is 2.50. The van der Waals surface area contributed by atoms with E-state index in [0.29, 0.717) is 6.61 Å². The molecule has 0 radical (unpaired) electrons. The molecule has 2 aliphatic rings. The maximum atomic E-state index is 13.1. The Labute approximate surface area is 126 Å². The Morgan fingerprint density at radius 3 is 2.86 bits per heavy atom. The van der Waals surface area contributed by atoms with Gasteiger partial charge in [-0.05, 0) is 31.2 Å². The van der Waals surface area contributed by atoms with Gasteiger partial charge >= 0.3 is 0 Å². The summed E-state index contributed by atoms with van der Waals surface area (Å²) in [6.07, 6.45) is 5.28. The fourth-order valence-electron chi connectivity index (χ4n) is 3.71. The Balaban J connectivity index is 1.92. The smallest absolute Gasteiger partial charge is 0.231 e. The zero-order valence-corrected chi connectivity index (χ0v) is 12.6. The van der Waals surface area contributed by atoms with E-state index < -0.39 is 0 Å². The first-order valence-corrected chi connectivity index (χ1v) is 7.82. The monoisotopic (exact) mass is 285 g/mol. The molecule has 0 aliphatic carbocycles. The summed E-state index contributed by atoms with van der Waals surface area (Å²) in [7, 11) is 0. The third-order valence-corrected chi connectivity index (χ3v) is 5.05. The number of benzene rings is 1. The van der Waals surface area contributed by atoms with E-state index in [0.717, 1.165) is 25.7 Å². The first-order valence-electron chi connectivity index (χ1n) is 7.82. The van der Waals surface area contributed by atoms with Crippen molar-refractivity contribution in [3.05, 3.63) is 48.6 Å². The zero-order chi connectivity index (χ0) is 14.9. The molecule has 0 N–H and O–H groups in total. The van der Waals surface area contributed by atoms with E-state index in [1.54, 1.807) is 0 Å². The molecule has 2 heterocycles. The summed E-state index contributed by atoms with van der Waals surface area (Å²) in [6.45, 7) is 6.56. The van der Waals surface area contributed by atoms with Crippen LogP contribution in [0.5, 0.6) is 0 Å². The molecule has 0 bridgehead atoms. The Hall–Kier alpha value is -1.61. The van der Waals surface area contributed by atoms with Crippen LogP contribution in [0, 0.1) is 5.41 Å². The van der Waals surface area contributed by atoms with Crippen molar-refractivity contribution in [1.29, 1.82) is 0 Å². The van der Waals surface area contributed by atoms with Gasteiger partial charge in [-0.15, -0.1) is 6.58 Å². The van der Waals surface area contributed by atoms with Gasteiger partial charge in [-0.25, -0.2) is 0 Å². The van der Waals surface area contributed by atoms with Crippen LogP contribution in [0.4, 0.5) is 0 Å². The lowest BCUT2D eigenvalue weighted by atomic mass is 9.73. The number of carbonyl (C=O) groups excluding carboxylic acids is 1. The predicted molar refractivity (Wildman–Crippen MR) is 82.5 cm³/mol. The van der Waals surface area contributed by atoms with Gasteiger partial charge in [0.2, 0.25) is 5.91 Å². The maximum Gasteiger partial charge on any atom is 0.231 e. The summed E-state index contributed by atoms with van der Waals surface area (Å²) in [4.78, 5) is 15.1. The average molecular weight is 285 g/mol. The average Bonchev–Trinajstić information content (AvgIpc) is 2.96. The molecule has 21 heavy (non-hydrogen) atoms. The van der Waals surface area contributed by atoms with Gasteiger partial charge in [-0.3, -0.25) is 4.79 Å². The van der Waals surface area contributed by atoms with Crippen LogP contribution >= 0.6 is 0 Å². The van der Waals surface area contributed by atoms with Crippen molar-refractivity contribution in [3.8, 4) is 0 Å². The first-order chi connectivity index (χ1) is 10.2. The van der Waals surface area contributed by atoms with Crippen molar-refractivity contribution in [2.45, 2.75) is 44.9 Å². The molecule has 3 nitrogen and oxygen atoms in total. The molecule has 2 fully saturated rings. The minimum Gasteiger partial charge on any atom is -0.356 e. The molecule has 1 aromatic rings. The molecule has 0 spiro atoms. The topological polar surface area (TPSA) is 29.5 Å². The van der Waals surface area contributed by atoms with E-state index in [2.05, 4.69) is 25.6 Å². The zero-order valence-electron chi connectivity index (χ0n) is 12.6. The molecule has 2 aliphatic heterocycles.